The summed E-state index contributed by atoms with van der Waals surface area (Å²) in [6.07, 6.45) is 4.46. The van der Waals surface area contributed by atoms with Gasteiger partial charge in [-0.25, -0.2) is 0 Å². The molecule has 0 fully saturated rings. The number of aromatic nitrogens is 4. The van der Waals surface area contributed by atoms with Crippen LogP contribution in [0.25, 0.3) is 0 Å². The number of nitrogens with zero attached hydrogens (tertiary/aromatic N) is 4. The fourth-order valence-corrected chi connectivity index (χ4v) is 4.09. The molecule has 0 bridgehead atoms. The number of carbonyl (C=O) groups is 1. The van der Waals surface area contributed by atoms with Crippen LogP contribution in [0, 0.1) is 13.8 Å². The van der Waals surface area contributed by atoms with Gasteiger partial charge >= 0.3 is 0 Å². The fourth-order valence-electron chi connectivity index (χ4n) is 3.13. The molecule has 0 saturated carbocycles. The molecule has 0 spiro atoms. The van der Waals surface area contributed by atoms with E-state index in [9.17, 15) is 4.79 Å². The van der Waals surface area contributed by atoms with E-state index in [0.29, 0.717) is 23.4 Å². The van der Waals surface area contributed by atoms with Crippen LogP contribution in [0.2, 0.25) is 0 Å². The highest BCUT2D eigenvalue weighted by molar-refractivity contribution is 7.15. The number of unbranched alkanes of at least 4 members (excludes halogenated alkanes) is 1. The van der Waals surface area contributed by atoms with Gasteiger partial charge in [0.25, 0.3) is 5.91 Å². The maximum absolute atomic E-state index is 12.5. The van der Waals surface area contributed by atoms with Crippen LogP contribution in [-0.4, -0.2) is 25.9 Å². The Morgan fingerprint density at radius 1 is 1.29 bits per heavy atom. The maximum Gasteiger partial charge on any atom is 0.293 e. The predicted octanol–water partition coefficient (Wildman–Crippen LogP) is 4.93. The molecule has 28 heavy (non-hydrogen) atoms. The van der Waals surface area contributed by atoms with Crippen molar-refractivity contribution < 1.29 is 9.21 Å². The third-order valence-corrected chi connectivity index (χ3v) is 5.70. The zero-order valence-electron chi connectivity index (χ0n) is 16.9. The van der Waals surface area contributed by atoms with Crippen molar-refractivity contribution in [3.8, 4) is 0 Å². The fraction of sp³-hybridized carbons (Fsp3) is 0.500. The number of rotatable bonds is 9. The Labute approximate surface area is 169 Å². The van der Waals surface area contributed by atoms with Crippen molar-refractivity contribution in [2.75, 3.05) is 5.32 Å². The number of furan rings is 1. The van der Waals surface area contributed by atoms with Gasteiger partial charge in [-0.05, 0) is 44.9 Å². The summed E-state index contributed by atoms with van der Waals surface area (Å²) in [7, 11) is 0. The zero-order valence-corrected chi connectivity index (χ0v) is 17.7. The molecule has 0 radical (unpaired) electrons. The lowest BCUT2D eigenvalue weighted by molar-refractivity contribution is 0.0994. The Morgan fingerprint density at radius 3 is 2.79 bits per heavy atom. The van der Waals surface area contributed by atoms with Gasteiger partial charge in [-0.2, -0.15) is 5.10 Å². The second-order valence-electron chi connectivity index (χ2n) is 7.00. The van der Waals surface area contributed by atoms with Gasteiger partial charge in [0.05, 0.1) is 12.2 Å². The topological polar surface area (TPSA) is 85.8 Å². The lowest BCUT2D eigenvalue weighted by Crippen LogP contribution is -2.10. The van der Waals surface area contributed by atoms with Crippen LogP contribution in [0.5, 0.6) is 0 Å². The van der Waals surface area contributed by atoms with Gasteiger partial charge in [0.1, 0.15) is 10.8 Å². The van der Waals surface area contributed by atoms with Crippen LogP contribution in [0.3, 0.4) is 0 Å². The van der Waals surface area contributed by atoms with E-state index in [1.165, 1.54) is 17.8 Å². The van der Waals surface area contributed by atoms with Crippen LogP contribution >= 0.6 is 11.3 Å². The third-order valence-electron chi connectivity index (χ3n) is 4.70. The minimum absolute atomic E-state index is 0.256. The lowest BCUT2D eigenvalue weighted by atomic mass is 10.0. The second-order valence-corrected chi connectivity index (χ2v) is 8.01. The lowest BCUT2D eigenvalue weighted by Gasteiger charge is -2.09. The van der Waals surface area contributed by atoms with Crippen molar-refractivity contribution in [1.29, 1.82) is 0 Å². The maximum atomic E-state index is 12.5. The summed E-state index contributed by atoms with van der Waals surface area (Å²) in [5.41, 5.74) is 2.01. The van der Waals surface area contributed by atoms with Gasteiger partial charge in [0, 0.05) is 11.6 Å². The largest absolute Gasteiger partial charge is 0.454 e. The second kappa shape index (κ2) is 9.14. The van der Waals surface area contributed by atoms with Gasteiger partial charge in [-0.15, -0.1) is 10.2 Å². The minimum atomic E-state index is -0.316. The van der Waals surface area contributed by atoms with Crippen molar-refractivity contribution in [1.82, 2.24) is 20.0 Å². The smallest absolute Gasteiger partial charge is 0.293 e. The summed E-state index contributed by atoms with van der Waals surface area (Å²) < 4.78 is 7.55. The standard InChI is InChI=1S/C20H27N5O2S/c1-5-7-8-15(6-2)19-22-23-20(28-19)21-18(26)17-10-9-16(27-17)12-25-14(4)11-13(3)24-25/h9-11,15H,5-8,12H2,1-4H3,(H,21,23,26). The summed E-state index contributed by atoms with van der Waals surface area (Å²) in [6, 6.07) is 5.48. The van der Waals surface area contributed by atoms with Crippen LogP contribution in [-0.2, 0) is 6.54 Å². The van der Waals surface area contributed by atoms with Gasteiger partial charge < -0.3 is 4.42 Å². The molecule has 7 nitrogen and oxygen atoms in total. The number of hydrogen-bond acceptors (Lipinski definition) is 6. The molecule has 0 aliphatic rings. The Bertz CT molecular complexity index is 927. The Hall–Kier alpha value is -2.48. The first kappa shape index (κ1) is 20.3. The molecule has 0 aliphatic carbocycles. The van der Waals surface area contributed by atoms with Crippen LogP contribution in [0.15, 0.2) is 22.6 Å². The van der Waals surface area contributed by atoms with Gasteiger partial charge in [-0.1, -0.05) is 38.0 Å². The highest BCUT2D eigenvalue weighted by Gasteiger charge is 2.18. The van der Waals surface area contributed by atoms with E-state index in [1.807, 2.05) is 24.6 Å². The monoisotopic (exact) mass is 401 g/mol. The van der Waals surface area contributed by atoms with E-state index in [1.54, 1.807) is 12.1 Å². The van der Waals surface area contributed by atoms with Crippen molar-refractivity contribution in [3.63, 3.8) is 0 Å². The zero-order chi connectivity index (χ0) is 20.1. The first-order valence-corrected chi connectivity index (χ1v) is 10.6. The molecule has 3 aromatic rings. The number of aryl methyl sites for hydroxylation is 2. The Morgan fingerprint density at radius 2 is 2.11 bits per heavy atom. The van der Waals surface area contributed by atoms with E-state index >= 15 is 0 Å². The summed E-state index contributed by atoms with van der Waals surface area (Å²) in [5.74, 6) is 1.02. The predicted molar refractivity (Wildman–Crippen MR) is 110 cm³/mol. The SMILES string of the molecule is CCCCC(CC)c1nnc(NC(=O)c2ccc(Cn3nc(C)cc3C)o2)s1. The van der Waals surface area contributed by atoms with E-state index in [4.69, 9.17) is 4.42 Å². The van der Waals surface area contributed by atoms with E-state index in [-0.39, 0.29) is 11.7 Å². The average molecular weight is 402 g/mol. The third kappa shape index (κ3) is 4.86. The van der Waals surface area contributed by atoms with Gasteiger partial charge in [0.15, 0.2) is 5.76 Å². The van der Waals surface area contributed by atoms with Crippen molar-refractivity contribution in [2.24, 2.45) is 0 Å². The summed E-state index contributed by atoms with van der Waals surface area (Å²) in [6.45, 7) is 8.78. The molecule has 8 heteroatoms. The molecule has 0 aliphatic heterocycles. The van der Waals surface area contributed by atoms with Gasteiger partial charge in [-0.3, -0.25) is 14.8 Å². The number of nitrogens with one attached hydrogen (secondary N) is 1. The van der Waals surface area contributed by atoms with Crippen molar-refractivity contribution in [3.05, 3.63) is 46.1 Å². The van der Waals surface area contributed by atoms with Crippen molar-refractivity contribution >= 4 is 22.4 Å². The van der Waals surface area contributed by atoms with Crippen LogP contribution < -0.4 is 5.32 Å². The van der Waals surface area contributed by atoms with E-state index in [2.05, 4.69) is 34.5 Å². The summed E-state index contributed by atoms with van der Waals surface area (Å²) >= 11 is 1.44. The number of amides is 1. The molecular weight excluding hydrogens is 374 g/mol. The molecule has 3 rings (SSSR count). The number of anilines is 1. The Kier molecular flexibility index (Phi) is 6.61. The summed E-state index contributed by atoms with van der Waals surface area (Å²) in [5, 5.41) is 17.1. The highest BCUT2D eigenvalue weighted by Crippen LogP contribution is 2.30. The molecule has 3 heterocycles. The molecule has 150 valence electrons. The molecule has 0 saturated heterocycles. The first-order chi connectivity index (χ1) is 13.5. The van der Waals surface area contributed by atoms with Crippen molar-refractivity contribution in [2.45, 2.75) is 65.8 Å². The van der Waals surface area contributed by atoms with Crippen LogP contribution in [0.4, 0.5) is 5.13 Å². The summed E-state index contributed by atoms with van der Waals surface area (Å²) in [4.78, 5) is 12.5. The first-order valence-electron chi connectivity index (χ1n) is 9.74. The average Bonchev–Trinajstić information content (AvgIpc) is 3.38. The Balaban J connectivity index is 1.62. The molecule has 3 aromatic heterocycles. The number of hydrogen-bond donors (Lipinski definition) is 1. The van der Waals surface area contributed by atoms with Gasteiger partial charge in [0.2, 0.25) is 5.13 Å². The molecule has 1 atom stereocenters. The minimum Gasteiger partial charge on any atom is -0.454 e. The normalized spacial score (nSPS) is 12.3. The molecule has 1 amide bonds. The van der Waals surface area contributed by atoms with E-state index < -0.39 is 0 Å². The quantitative estimate of drug-likeness (QED) is 0.549. The molecule has 1 unspecified atom stereocenters. The molecule has 1 N–H and O–H groups in total. The van der Waals surface area contributed by atoms with Crippen LogP contribution in [0.1, 0.15) is 78.2 Å². The number of carbonyl (C=O) groups excluding carboxylic acids is 1. The molecule has 0 aromatic carbocycles. The van der Waals surface area contributed by atoms with E-state index in [0.717, 1.165) is 35.7 Å². The highest BCUT2D eigenvalue weighted by atomic mass is 32.1. The molecular formula is C20H27N5O2S.